The van der Waals surface area contributed by atoms with Gasteiger partial charge in [0.2, 0.25) is 0 Å². The third kappa shape index (κ3) is 5.90. The molecule has 0 heterocycles. The van der Waals surface area contributed by atoms with Crippen LogP contribution in [0.5, 0.6) is 5.75 Å². The van der Waals surface area contributed by atoms with E-state index >= 15 is 0 Å². The van der Waals surface area contributed by atoms with Gasteiger partial charge in [-0.05, 0) is 78.5 Å². The zero-order chi connectivity index (χ0) is 20.7. The molecule has 0 spiro atoms. The predicted molar refractivity (Wildman–Crippen MR) is 123 cm³/mol. The lowest BCUT2D eigenvalue weighted by molar-refractivity contribution is 0.0938. The van der Waals surface area contributed by atoms with Crippen LogP contribution in [0.15, 0.2) is 42.5 Å². The Morgan fingerprint density at radius 2 is 1.89 bits per heavy atom. The summed E-state index contributed by atoms with van der Waals surface area (Å²) in [6, 6.07) is 12.2. The molecule has 0 saturated heterocycles. The summed E-state index contributed by atoms with van der Waals surface area (Å²) in [6.07, 6.45) is 0.830. The number of amides is 2. The van der Waals surface area contributed by atoms with Crippen LogP contribution >= 0.6 is 34.8 Å². The lowest BCUT2D eigenvalue weighted by Gasteiger charge is -2.16. The van der Waals surface area contributed by atoms with Crippen molar-refractivity contribution in [3.05, 3.63) is 57.2 Å². The summed E-state index contributed by atoms with van der Waals surface area (Å²) in [5, 5.41) is 8.60. The van der Waals surface area contributed by atoms with Gasteiger partial charge in [0.1, 0.15) is 5.75 Å². The fourth-order valence-electron chi connectivity index (χ4n) is 2.33. The predicted octanol–water partition coefficient (Wildman–Crippen LogP) is 3.95. The smallest absolute Gasteiger partial charge is 0.257 e. The molecule has 2 aromatic carbocycles. The minimum absolute atomic E-state index is 0.0600. The van der Waals surface area contributed by atoms with Crippen LogP contribution in [-0.2, 0) is 0 Å². The van der Waals surface area contributed by atoms with Crippen LogP contribution < -0.4 is 20.7 Å². The van der Waals surface area contributed by atoms with E-state index in [1.54, 1.807) is 49.6 Å². The molecule has 0 bridgehead atoms. The van der Waals surface area contributed by atoms with Crippen molar-refractivity contribution in [3.63, 3.8) is 0 Å². The van der Waals surface area contributed by atoms with Crippen LogP contribution in [0.4, 0.5) is 5.69 Å². The Hall–Kier alpha value is -2.20. The van der Waals surface area contributed by atoms with Gasteiger partial charge in [-0.3, -0.25) is 14.9 Å². The summed E-state index contributed by atoms with van der Waals surface area (Å²) in [5.74, 6) is 0.148. The van der Waals surface area contributed by atoms with Crippen molar-refractivity contribution in [2.75, 3.05) is 12.4 Å². The normalized spacial score (nSPS) is 11.3. The van der Waals surface area contributed by atoms with E-state index in [-0.39, 0.29) is 23.0 Å². The number of nitrogens with one attached hydrogen (secondary N) is 3. The van der Waals surface area contributed by atoms with Gasteiger partial charge in [-0.15, -0.1) is 0 Å². The largest absolute Gasteiger partial charge is 0.496 e. The van der Waals surface area contributed by atoms with Crippen molar-refractivity contribution in [2.24, 2.45) is 0 Å². The van der Waals surface area contributed by atoms with Crippen molar-refractivity contribution in [3.8, 4) is 5.75 Å². The molecule has 148 valence electrons. The number of hydrogen-bond donors (Lipinski definition) is 3. The Bertz CT molecular complexity index is 889. The van der Waals surface area contributed by atoms with Crippen molar-refractivity contribution < 1.29 is 14.3 Å². The highest BCUT2D eigenvalue weighted by atomic mass is 127. The molecule has 28 heavy (non-hydrogen) atoms. The van der Waals surface area contributed by atoms with E-state index in [2.05, 4.69) is 38.5 Å². The summed E-state index contributed by atoms with van der Waals surface area (Å²) in [4.78, 5) is 24.9. The number of rotatable bonds is 6. The molecule has 8 heteroatoms. The number of carbonyl (C=O) groups excluding carboxylic acids is 2. The van der Waals surface area contributed by atoms with Gasteiger partial charge < -0.3 is 15.4 Å². The molecular weight excluding hydrogens is 489 g/mol. The van der Waals surface area contributed by atoms with Crippen molar-refractivity contribution >= 4 is 57.4 Å². The molecule has 2 aromatic rings. The first-order valence-electron chi connectivity index (χ1n) is 8.71. The molecule has 0 saturated carbocycles. The monoisotopic (exact) mass is 511 g/mol. The maximum Gasteiger partial charge on any atom is 0.257 e. The Morgan fingerprint density at radius 1 is 1.18 bits per heavy atom. The zero-order valence-electron chi connectivity index (χ0n) is 15.8. The first-order valence-corrected chi connectivity index (χ1v) is 10.2. The van der Waals surface area contributed by atoms with Crippen LogP contribution in [0.3, 0.4) is 0 Å². The summed E-state index contributed by atoms with van der Waals surface area (Å²) in [5.41, 5.74) is 1.44. The first kappa shape index (κ1) is 22.1. The summed E-state index contributed by atoms with van der Waals surface area (Å²) in [6.45, 7) is 3.94. The van der Waals surface area contributed by atoms with Crippen molar-refractivity contribution in [2.45, 2.75) is 26.3 Å². The number of para-hydroxylation sites is 1. The molecule has 6 nitrogen and oxygen atoms in total. The first-order chi connectivity index (χ1) is 13.3. The maximum absolute atomic E-state index is 12.5. The molecule has 2 amide bonds. The number of hydrogen-bond acceptors (Lipinski definition) is 4. The van der Waals surface area contributed by atoms with Crippen LogP contribution in [0.2, 0.25) is 0 Å². The van der Waals surface area contributed by atoms with Crippen LogP contribution in [0.25, 0.3) is 0 Å². The van der Waals surface area contributed by atoms with Crippen LogP contribution in [0.1, 0.15) is 41.0 Å². The lowest BCUT2D eigenvalue weighted by atomic mass is 10.1. The molecule has 0 aliphatic carbocycles. The minimum atomic E-state index is -0.348. The Kier molecular flexibility index (Phi) is 8.18. The van der Waals surface area contributed by atoms with Gasteiger partial charge in [-0.2, -0.15) is 0 Å². The van der Waals surface area contributed by atoms with E-state index in [9.17, 15) is 9.59 Å². The Labute approximate surface area is 183 Å². The fraction of sp³-hybridized carbons (Fsp3) is 0.250. The third-order valence-electron chi connectivity index (χ3n) is 4.05. The zero-order valence-corrected chi connectivity index (χ0v) is 18.8. The average molecular weight is 511 g/mol. The number of anilines is 1. The molecule has 0 radical (unpaired) electrons. The lowest BCUT2D eigenvalue weighted by Crippen LogP contribution is -2.36. The highest BCUT2D eigenvalue weighted by molar-refractivity contribution is 14.1. The summed E-state index contributed by atoms with van der Waals surface area (Å²) < 4.78 is 6.01. The molecular formula is C20H22IN3O3S. The molecule has 0 fully saturated rings. The standard InChI is InChI=1S/C20H22IN3O3S/c1-4-12(2)22-19(26)14-7-5-6-8-16(14)23-20(28)24-18(25)13-9-10-17(27-3)15(21)11-13/h5-12H,4H2,1-3H3,(H,22,26)(H2,23,24,25,28). The van der Waals surface area contributed by atoms with E-state index in [4.69, 9.17) is 17.0 Å². The summed E-state index contributed by atoms with van der Waals surface area (Å²) in [7, 11) is 1.57. The van der Waals surface area contributed by atoms with E-state index in [0.717, 1.165) is 9.99 Å². The number of thiocarbonyl (C=S) groups is 1. The number of carbonyl (C=O) groups is 2. The van der Waals surface area contributed by atoms with Crippen molar-refractivity contribution in [1.82, 2.24) is 10.6 Å². The number of benzene rings is 2. The van der Waals surface area contributed by atoms with E-state index < -0.39 is 0 Å². The van der Waals surface area contributed by atoms with E-state index in [1.165, 1.54) is 0 Å². The number of halogens is 1. The number of methoxy groups -OCH3 is 1. The number of ether oxygens (including phenoxy) is 1. The molecule has 1 unspecified atom stereocenters. The second-order valence-electron chi connectivity index (χ2n) is 6.09. The van der Waals surface area contributed by atoms with E-state index in [0.29, 0.717) is 22.6 Å². The SMILES string of the molecule is CCC(C)NC(=O)c1ccccc1NC(=S)NC(=O)c1ccc(OC)c(I)c1. The van der Waals surface area contributed by atoms with Gasteiger partial charge in [0.15, 0.2) is 5.11 Å². The molecule has 1 atom stereocenters. The van der Waals surface area contributed by atoms with Gasteiger partial charge in [0, 0.05) is 11.6 Å². The summed E-state index contributed by atoms with van der Waals surface area (Å²) >= 11 is 7.35. The quantitative estimate of drug-likeness (QED) is 0.405. The maximum atomic E-state index is 12.5. The van der Waals surface area contributed by atoms with Gasteiger partial charge in [-0.1, -0.05) is 19.1 Å². The molecule has 0 aliphatic heterocycles. The second-order valence-corrected chi connectivity index (χ2v) is 7.66. The van der Waals surface area contributed by atoms with Gasteiger partial charge in [0.05, 0.1) is 21.9 Å². The highest BCUT2D eigenvalue weighted by Crippen LogP contribution is 2.21. The topological polar surface area (TPSA) is 79.5 Å². The Morgan fingerprint density at radius 3 is 2.54 bits per heavy atom. The molecule has 0 aliphatic rings. The van der Waals surface area contributed by atoms with Crippen LogP contribution in [-0.4, -0.2) is 30.1 Å². The minimum Gasteiger partial charge on any atom is -0.496 e. The highest BCUT2D eigenvalue weighted by Gasteiger charge is 2.15. The van der Waals surface area contributed by atoms with Crippen LogP contribution in [0, 0.1) is 3.57 Å². The average Bonchev–Trinajstić information content (AvgIpc) is 2.67. The molecule has 2 rings (SSSR count). The molecule has 0 aromatic heterocycles. The second kappa shape index (κ2) is 10.4. The van der Waals surface area contributed by atoms with Gasteiger partial charge in [-0.25, -0.2) is 0 Å². The van der Waals surface area contributed by atoms with Gasteiger partial charge in [0.25, 0.3) is 11.8 Å². The molecule has 3 N–H and O–H groups in total. The van der Waals surface area contributed by atoms with Gasteiger partial charge >= 0.3 is 0 Å². The Balaban J connectivity index is 2.08. The fourth-order valence-corrected chi connectivity index (χ4v) is 3.27. The third-order valence-corrected chi connectivity index (χ3v) is 5.10. The van der Waals surface area contributed by atoms with Crippen molar-refractivity contribution in [1.29, 1.82) is 0 Å². The van der Waals surface area contributed by atoms with E-state index in [1.807, 2.05) is 13.8 Å².